The molecule has 0 saturated carbocycles. The third-order valence-corrected chi connectivity index (χ3v) is 4.03. The second-order valence-corrected chi connectivity index (χ2v) is 5.84. The number of carbonyl (C=O) groups is 1. The van der Waals surface area contributed by atoms with Crippen LogP contribution in [-0.2, 0) is 9.84 Å². The topological polar surface area (TPSA) is 66.5 Å². The Labute approximate surface area is 89.1 Å². The number of rotatable bonds is 1. The molecule has 2 aliphatic rings. The fourth-order valence-electron chi connectivity index (χ4n) is 1.84. The molecule has 2 amide bonds. The molecule has 2 rings (SSSR count). The molecule has 2 heterocycles. The van der Waals surface area contributed by atoms with Crippen LogP contribution in [0.1, 0.15) is 12.8 Å². The number of nitrogens with one attached hydrogen (secondary N) is 1. The van der Waals surface area contributed by atoms with E-state index >= 15 is 0 Å². The van der Waals surface area contributed by atoms with Crippen LogP contribution >= 0.6 is 0 Å². The van der Waals surface area contributed by atoms with Crippen LogP contribution in [0.5, 0.6) is 0 Å². The van der Waals surface area contributed by atoms with Crippen LogP contribution in [0.3, 0.4) is 0 Å². The fraction of sp³-hybridized carbons (Fsp3) is 0.667. The minimum Gasteiger partial charge on any atom is -0.331 e. The molecule has 0 bridgehead atoms. The van der Waals surface area contributed by atoms with Gasteiger partial charge in [0.05, 0.1) is 11.8 Å². The van der Waals surface area contributed by atoms with Gasteiger partial charge in [-0.1, -0.05) is 0 Å². The Morgan fingerprint density at radius 3 is 2.53 bits per heavy atom. The first kappa shape index (κ1) is 10.5. The van der Waals surface area contributed by atoms with E-state index in [2.05, 4.69) is 5.32 Å². The van der Waals surface area contributed by atoms with Gasteiger partial charge in [0, 0.05) is 18.5 Å². The largest absolute Gasteiger partial charge is 0.331 e. The summed E-state index contributed by atoms with van der Waals surface area (Å²) in [4.78, 5) is 13.3. The summed E-state index contributed by atoms with van der Waals surface area (Å²) >= 11 is 0. The Morgan fingerprint density at radius 2 is 2.00 bits per heavy atom. The van der Waals surface area contributed by atoms with E-state index in [1.54, 1.807) is 4.90 Å². The highest BCUT2D eigenvalue weighted by Crippen LogP contribution is 2.11. The lowest BCUT2D eigenvalue weighted by molar-refractivity contribution is 0.207. The summed E-state index contributed by atoms with van der Waals surface area (Å²) in [5.41, 5.74) is 0. The first-order valence-electron chi connectivity index (χ1n) is 5.03. The lowest BCUT2D eigenvalue weighted by atomic mass is 10.3. The van der Waals surface area contributed by atoms with Crippen molar-refractivity contribution < 1.29 is 13.2 Å². The summed E-state index contributed by atoms with van der Waals surface area (Å²) in [5, 5.41) is 3.87. The number of hydrogen-bond acceptors (Lipinski definition) is 3. The lowest BCUT2D eigenvalue weighted by Crippen LogP contribution is -2.43. The zero-order valence-corrected chi connectivity index (χ0v) is 9.16. The highest BCUT2D eigenvalue weighted by Gasteiger charge is 2.25. The molecular weight excluding hydrogens is 216 g/mol. The molecule has 6 heteroatoms. The molecule has 2 aliphatic heterocycles. The SMILES string of the molecule is O=C(NC1C=CS(=O)(=O)C1)N1CCCC1. The first-order valence-corrected chi connectivity index (χ1v) is 6.75. The minimum atomic E-state index is -3.08. The van der Waals surface area contributed by atoms with Crippen LogP contribution < -0.4 is 5.32 Å². The molecule has 1 N–H and O–H groups in total. The van der Waals surface area contributed by atoms with Gasteiger partial charge < -0.3 is 10.2 Å². The Kier molecular flexibility index (Phi) is 2.68. The van der Waals surface area contributed by atoms with Gasteiger partial charge in [-0.2, -0.15) is 0 Å². The Bertz CT molecular complexity index is 382. The Balaban J connectivity index is 1.88. The van der Waals surface area contributed by atoms with Crippen molar-refractivity contribution in [2.45, 2.75) is 18.9 Å². The van der Waals surface area contributed by atoms with Crippen molar-refractivity contribution in [1.82, 2.24) is 10.2 Å². The van der Waals surface area contributed by atoms with Crippen molar-refractivity contribution in [1.29, 1.82) is 0 Å². The third kappa shape index (κ3) is 2.50. The normalized spacial score (nSPS) is 28.3. The standard InChI is InChI=1S/C9H14N2O3S/c12-9(11-4-1-2-5-11)10-8-3-6-15(13,14)7-8/h3,6,8H,1-2,4-5,7H2,(H,10,12). The van der Waals surface area contributed by atoms with E-state index in [1.807, 2.05) is 0 Å². The Morgan fingerprint density at radius 1 is 1.33 bits per heavy atom. The van der Waals surface area contributed by atoms with E-state index in [0.29, 0.717) is 0 Å². The summed E-state index contributed by atoms with van der Waals surface area (Å²) in [6, 6.07) is -0.512. The zero-order chi connectivity index (χ0) is 10.9. The second kappa shape index (κ2) is 3.84. The summed E-state index contributed by atoms with van der Waals surface area (Å²) in [5.74, 6) is -0.00736. The van der Waals surface area contributed by atoms with Gasteiger partial charge in [-0.25, -0.2) is 13.2 Å². The van der Waals surface area contributed by atoms with Gasteiger partial charge in [0.25, 0.3) is 0 Å². The summed E-state index contributed by atoms with van der Waals surface area (Å²) < 4.78 is 22.2. The van der Waals surface area contributed by atoms with Crippen LogP contribution in [0.25, 0.3) is 0 Å². The molecule has 0 aliphatic carbocycles. The van der Waals surface area contributed by atoms with Crippen molar-refractivity contribution in [3.05, 3.63) is 11.5 Å². The molecule has 0 spiro atoms. The first-order chi connectivity index (χ1) is 7.07. The van der Waals surface area contributed by atoms with E-state index < -0.39 is 9.84 Å². The summed E-state index contributed by atoms with van der Waals surface area (Å²) in [7, 11) is -3.08. The third-order valence-electron chi connectivity index (χ3n) is 2.63. The van der Waals surface area contributed by atoms with E-state index in [9.17, 15) is 13.2 Å². The van der Waals surface area contributed by atoms with Crippen molar-refractivity contribution >= 4 is 15.9 Å². The molecule has 5 nitrogen and oxygen atoms in total. The molecule has 0 aromatic rings. The monoisotopic (exact) mass is 230 g/mol. The van der Waals surface area contributed by atoms with E-state index in [4.69, 9.17) is 0 Å². The molecule has 1 saturated heterocycles. The van der Waals surface area contributed by atoms with Crippen LogP contribution in [0, 0.1) is 0 Å². The summed E-state index contributed by atoms with van der Waals surface area (Å²) in [6.45, 7) is 1.55. The highest BCUT2D eigenvalue weighted by molar-refractivity contribution is 7.94. The maximum atomic E-state index is 11.6. The number of nitrogens with zero attached hydrogens (tertiary/aromatic N) is 1. The van der Waals surface area contributed by atoms with Crippen LogP contribution in [0.4, 0.5) is 4.79 Å². The predicted octanol–water partition coefficient (Wildman–Crippen LogP) is 0.102. The summed E-state index contributed by atoms with van der Waals surface area (Å²) in [6.07, 6.45) is 3.60. The maximum Gasteiger partial charge on any atom is 0.317 e. The number of likely N-dealkylation sites (tertiary alicyclic amines) is 1. The molecule has 0 radical (unpaired) electrons. The molecule has 84 valence electrons. The number of urea groups is 1. The molecule has 1 atom stereocenters. The fourth-order valence-corrected chi connectivity index (χ4v) is 3.07. The van der Waals surface area contributed by atoms with Gasteiger partial charge in [0.2, 0.25) is 0 Å². The van der Waals surface area contributed by atoms with Gasteiger partial charge >= 0.3 is 6.03 Å². The Hall–Kier alpha value is -1.04. The van der Waals surface area contributed by atoms with Crippen molar-refractivity contribution in [3.8, 4) is 0 Å². The highest BCUT2D eigenvalue weighted by atomic mass is 32.2. The average Bonchev–Trinajstić information content (AvgIpc) is 2.74. The van der Waals surface area contributed by atoms with Gasteiger partial charge in [-0.15, -0.1) is 0 Å². The molecule has 0 aromatic carbocycles. The van der Waals surface area contributed by atoms with Crippen LogP contribution in [0.15, 0.2) is 11.5 Å². The van der Waals surface area contributed by atoms with Gasteiger partial charge in [-0.3, -0.25) is 0 Å². The quantitative estimate of drug-likeness (QED) is 0.695. The number of carbonyl (C=O) groups excluding carboxylic acids is 1. The molecule has 15 heavy (non-hydrogen) atoms. The van der Waals surface area contributed by atoms with Gasteiger partial charge in [0.15, 0.2) is 9.84 Å². The smallest absolute Gasteiger partial charge is 0.317 e. The maximum absolute atomic E-state index is 11.6. The second-order valence-electron chi connectivity index (χ2n) is 3.91. The zero-order valence-electron chi connectivity index (χ0n) is 8.35. The molecular formula is C9H14N2O3S. The van der Waals surface area contributed by atoms with Crippen molar-refractivity contribution in [2.24, 2.45) is 0 Å². The number of amides is 2. The van der Waals surface area contributed by atoms with Crippen molar-refractivity contribution in [2.75, 3.05) is 18.8 Å². The minimum absolute atomic E-state index is 0.00736. The van der Waals surface area contributed by atoms with Crippen LogP contribution in [0.2, 0.25) is 0 Å². The van der Waals surface area contributed by atoms with Gasteiger partial charge in [-0.05, 0) is 18.9 Å². The van der Waals surface area contributed by atoms with Crippen LogP contribution in [-0.4, -0.2) is 44.2 Å². The lowest BCUT2D eigenvalue weighted by Gasteiger charge is -2.18. The average molecular weight is 230 g/mol. The number of hydrogen-bond donors (Lipinski definition) is 1. The van der Waals surface area contributed by atoms with Gasteiger partial charge in [0.1, 0.15) is 0 Å². The number of sulfone groups is 1. The van der Waals surface area contributed by atoms with E-state index in [-0.39, 0.29) is 17.8 Å². The van der Waals surface area contributed by atoms with E-state index in [1.165, 1.54) is 11.5 Å². The van der Waals surface area contributed by atoms with Crippen molar-refractivity contribution in [3.63, 3.8) is 0 Å². The molecule has 1 fully saturated rings. The van der Waals surface area contributed by atoms with E-state index in [0.717, 1.165) is 25.9 Å². The molecule has 1 unspecified atom stereocenters. The molecule has 0 aromatic heterocycles. The predicted molar refractivity (Wildman–Crippen MR) is 56.1 cm³/mol.